The number of ether oxygens (including phenoxy) is 2. The van der Waals surface area contributed by atoms with Gasteiger partial charge >= 0.3 is 0 Å². The van der Waals surface area contributed by atoms with Gasteiger partial charge in [-0.05, 0) is 46.8 Å². The van der Waals surface area contributed by atoms with E-state index in [0.717, 1.165) is 24.0 Å². The molecule has 0 saturated carbocycles. The van der Waals surface area contributed by atoms with Gasteiger partial charge in [0.25, 0.3) is 0 Å². The number of hydrogen-bond acceptors (Lipinski definition) is 3. The van der Waals surface area contributed by atoms with Gasteiger partial charge in [0, 0.05) is 18.2 Å². The normalized spacial score (nSPS) is 13.5. The zero-order chi connectivity index (χ0) is 16.6. The van der Waals surface area contributed by atoms with Gasteiger partial charge in [-0.3, -0.25) is 0 Å². The van der Waals surface area contributed by atoms with Crippen LogP contribution < -0.4 is 20.1 Å². The lowest BCUT2D eigenvalue weighted by Gasteiger charge is -2.24. The Balaban J connectivity index is 2.61. The predicted octanol–water partition coefficient (Wildman–Crippen LogP) is 2.82. The van der Waals surface area contributed by atoms with Gasteiger partial charge in [-0.2, -0.15) is 0 Å². The number of methoxy groups -OCH3 is 1. The molecule has 0 saturated heterocycles. The molecule has 0 radical (unpaired) electrons. The van der Waals surface area contributed by atoms with Crippen molar-refractivity contribution in [1.29, 1.82) is 0 Å². The van der Waals surface area contributed by atoms with Crippen LogP contribution in [-0.4, -0.2) is 37.8 Å². The Morgan fingerprint density at radius 1 is 1.27 bits per heavy atom. The predicted molar refractivity (Wildman–Crippen MR) is 92.0 cm³/mol. The van der Waals surface area contributed by atoms with Crippen LogP contribution in [0.4, 0.5) is 0 Å². The summed E-state index contributed by atoms with van der Waals surface area (Å²) in [5, 5.41) is 6.60. The van der Waals surface area contributed by atoms with Gasteiger partial charge in [0.15, 0.2) is 5.96 Å². The van der Waals surface area contributed by atoms with Crippen LogP contribution in [0.1, 0.15) is 34.6 Å². The van der Waals surface area contributed by atoms with Gasteiger partial charge in [0.2, 0.25) is 0 Å². The fourth-order valence-electron chi connectivity index (χ4n) is 1.83. The Morgan fingerprint density at radius 3 is 2.55 bits per heavy atom. The van der Waals surface area contributed by atoms with E-state index in [1.54, 1.807) is 7.11 Å². The second-order valence-corrected chi connectivity index (χ2v) is 6.20. The highest BCUT2D eigenvalue weighted by molar-refractivity contribution is 5.80. The highest BCUT2D eigenvalue weighted by Crippen LogP contribution is 2.19. The molecule has 0 bridgehead atoms. The van der Waals surface area contributed by atoms with Gasteiger partial charge in [-0.25, -0.2) is 4.99 Å². The number of benzene rings is 1. The lowest BCUT2D eigenvalue weighted by molar-refractivity contribution is 0.229. The smallest absolute Gasteiger partial charge is 0.191 e. The summed E-state index contributed by atoms with van der Waals surface area (Å²) in [7, 11) is 1.65. The van der Waals surface area contributed by atoms with E-state index < -0.39 is 0 Å². The molecule has 1 rings (SSSR count). The first-order valence-electron chi connectivity index (χ1n) is 7.71. The molecule has 0 aliphatic heterocycles. The molecular weight excluding hydrogens is 278 g/mol. The van der Waals surface area contributed by atoms with Crippen LogP contribution >= 0.6 is 0 Å². The van der Waals surface area contributed by atoms with Gasteiger partial charge in [0.05, 0.1) is 13.7 Å². The number of nitrogens with zero attached hydrogens (tertiary/aromatic N) is 1. The summed E-state index contributed by atoms with van der Waals surface area (Å²) in [4.78, 5) is 4.58. The fraction of sp³-hybridized carbons (Fsp3) is 0.588. The molecule has 0 fully saturated rings. The summed E-state index contributed by atoms with van der Waals surface area (Å²) in [5.74, 6) is 2.38. The van der Waals surface area contributed by atoms with Crippen molar-refractivity contribution in [3.8, 4) is 11.5 Å². The van der Waals surface area contributed by atoms with Crippen molar-refractivity contribution in [2.75, 3.05) is 20.2 Å². The van der Waals surface area contributed by atoms with Crippen LogP contribution in [0.15, 0.2) is 29.3 Å². The summed E-state index contributed by atoms with van der Waals surface area (Å²) in [6, 6.07) is 7.60. The van der Waals surface area contributed by atoms with E-state index in [9.17, 15) is 0 Å². The highest BCUT2D eigenvalue weighted by atomic mass is 16.5. The van der Waals surface area contributed by atoms with Gasteiger partial charge in [-0.15, -0.1) is 0 Å². The van der Waals surface area contributed by atoms with Gasteiger partial charge in [0.1, 0.15) is 17.6 Å². The summed E-state index contributed by atoms with van der Waals surface area (Å²) >= 11 is 0. The van der Waals surface area contributed by atoms with Crippen molar-refractivity contribution < 1.29 is 9.47 Å². The number of nitrogens with one attached hydrogen (secondary N) is 2. The topological polar surface area (TPSA) is 54.9 Å². The van der Waals surface area contributed by atoms with Crippen LogP contribution in [0.25, 0.3) is 0 Å². The zero-order valence-corrected chi connectivity index (χ0v) is 14.6. The molecule has 1 aromatic rings. The molecule has 2 N–H and O–H groups in total. The van der Waals surface area contributed by atoms with E-state index in [1.165, 1.54) is 0 Å². The molecule has 1 atom stereocenters. The van der Waals surface area contributed by atoms with Gasteiger partial charge < -0.3 is 20.1 Å². The van der Waals surface area contributed by atoms with Crippen molar-refractivity contribution in [3.05, 3.63) is 24.3 Å². The van der Waals surface area contributed by atoms with Crippen LogP contribution in [-0.2, 0) is 0 Å². The third-order valence-corrected chi connectivity index (χ3v) is 2.72. The summed E-state index contributed by atoms with van der Waals surface area (Å²) in [6.07, 6.45) is -0.0254. The second-order valence-electron chi connectivity index (χ2n) is 6.20. The number of hydrogen-bond donors (Lipinski definition) is 2. The Labute approximate surface area is 134 Å². The molecule has 22 heavy (non-hydrogen) atoms. The first-order valence-corrected chi connectivity index (χ1v) is 7.71. The number of aliphatic imine (C=N–C) groups is 1. The van der Waals surface area contributed by atoms with E-state index >= 15 is 0 Å². The van der Waals surface area contributed by atoms with Crippen LogP contribution in [0.2, 0.25) is 0 Å². The maximum Gasteiger partial charge on any atom is 0.191 e. The lowest BCUT2D eigenvalue weighted by atomic mass is 10.1. The first kappa shape index (κ1) is 18.1. The van der Waals surface area contributed by atoms with E-state index in [-0.39, 0.29) is 11.6 Å². The van der Waals surface area contributed by atoms with Gasteiger partial charge in [-0.1, -0.05) is 6.07 Å². The SMILES string of the molecule is CCNC(=NCC(C)Oc1cccc(OC)c1)NC(C)(C)C. The average molecular weight is 307 g/mol. The van der Waals surface area contributed by atoms with E-state index in [4.69, 9.17) is 9.47 Å². The van der Waals surface area contributed by atoms with E-state index in [2.05, 4.69) is 43.3 Å². The zero-order valence-electron chi connectivity index (χ0n) is 14.6. The monoisotopic (exact) mass is 307 g/mol. The molecule has 0 aliphatic rings. The Morgan fingerprint density at radius 2 is 1.95 bits per heavy atom. The number of guanidine groups is 1. The minimum absolute atomic E-state index is 0.0254. The minimum Gasteiger partial charge on any atom is -0.497 e. The molecule has 1 aromatic carbocycles. The van der Waals surface area contributed by atoms with E-state index in [0.29, 0.717) is 6.54 Å². The average Bonchev–Trinajstić information content (AvgIpc) is 2.44. The summed E-state index contributed by atoms with van der Waals surface area (Å²) in [5.41, 5.74) is -0.0299. The largest absolute Gasteiger partial charge is 0.497 e. The summed E-state index contributed by atoms with van der Waals surface area (Å²) in [6.45, 7) is 11.8. The lowest BCUT2D eigenvalue weighted by Crippen LogP contribution is -2.47. The van der Waals surface area contributed by atoms with Crippen molar-refractivity contribution in [2.45, 2.75) is 46.3 Å². The van der Waals surface area contributed by atoms with Crippen molar-refractivity contribution in [2.24, 2.45) is 4.99 Å². The molecule has 0 heterocycles. The molecule has 1 unspecified atom stereocenters. The molecule has 0 spiro atoms. The second kappa shape index (κ2) is 8.51. The quantitative estimate of drug-likeness (QED) is 0.627. The molecule has 5 nitrogen and oxygen atoms in total. The molecule has 124 valence electrons. The first-order chi connectivity index (χ1) is 10.3. The Hall–Kier alpha value is -1.91. The highest BCUT2D eigenvalue weighted by Gasteiger charge is 2.12. The Bertz CT molecular complexity index is 481. The minimum atomic E-state index is -0.0299. The van der Waals surface area contributed by atoms with Crippen LogP contribution in [0, 0.1) is 0 Å². The van der Waals surface area contributed by atoms with E-state index in [1.807, 2.05) is 31.2 Å². The number of rotatable bonds is 6. The third-order valence-electron chi connectivity index (χ3n) is 2.72. The fourth-order valence-corrected chi connectivity index (χ4v) is 1.83. The molecule has 0 amide bonds. The maximum atomic E-state index is 5.87. The molecule has 5 heteroatoms. The summed E-state index contributed by atoms with van der Waals surface area (Å²) < 4.78 is 11.1. The van der Waals surface area contributed by atoms with Crippen molar-refractivity contribution in [3.63, 3.8) is 0 Å². The molecule has 0 aliphatic carbocycles. The Kier molecular flexibility index (Phi) is 7.02. The van der Waals surface area contributed by atoms with Crippen molar-refractivity contribution >= 4 is 5.96 Å². The molecular formula is C17H29N3O2. The standard InChI is InChI=1S/C17H29N3O2/c1-7-18-16(20-17(3,4)5)19-12-13(2)22-15-10-8-9-14(11-15)21-6/h8-11,13H,7,12H2,1-6H3,(H2,18,19,20). The maximum absolute atomic E-state index is 5.87. The van der Waals surface area contributed by atoms with Crippen LogP contribution in [0.5, 0.6) is 11.5 Å². The molecule has 0 aromatic heterocycles. The third kappa shape index (κ3) is 7.20. The van der Waals surface area contributed by atoms with Crippen molar-refractivity contribution in [1.82, 2.24) is 10.6 Å². The van der Waals surface area contributed by atoms with Crippen LogP contribution in [0.3, 0.4) is 0 Å².